The number of nitrogens with zero attached hydrogens (tertiary/aromatic N) is 2. The number of carbonyl (C=O) groups is 2. The second-order valence-corrected chi connectivity index (χ2v) is 9.80. The van der Waals surface area contributed by atoms with Crippen LogP contribution in [-0.2, 0) is 11.4 Å². The molecule has 4 aromatic carbocycles. The summed E-state index contributed by atoms with van der Waals surface area (Å²) in [4.78, 5) is 30.9. The molecule has 1 aliphatic heterocycles. The highest BCUT2D eigenvalue weighted by molar-refractivity contribution is 8.18. The third kappa shape index (κ3) is 5.81. The fourth-order valence-corrected chi connectivity index (χ4v) is 5.26. The zero-order valence-corrected chi connectivity index (χ0v) is 22.3. The molecule has 1 amide bonds. The number of amides is 1. The average molecular weight is 539 g/mol. The van der Waals surface area contributed by atoms with E-state index in [1.165, 1.54) is 29.3 Å². The van der Waals surface area contributed by atoms with Gasteiger partial charge in [-0.2, -0.15) is 0 Å². The first-order valence-electron chi connectivity index (χ1n) is 12.4. The third-order valence-corrected chi connectivity index (χ3v) is 7.24. The predicted molar refractivity (Wildman–Crippen MR) is 155 cm³/mol. The first kappa shape index (κ1) is 26.1. The topological polar surface area (TPSA) is 88.4 Å². The molecule has 0 radical (unpaired) electrons. The van der Waals surface area contributed by atoms with Gasteiger partial charge in [-0.15, -0.1) is 0 Å². The Morgan fingerprint density at radius 2 is 1.74 bits per heavy atom. The number of carbonyl (C=O) groups excluding carboxylic acids is 1. The molecule has 0 aromatic heterocycles. The SMILES string of the molecule is CCN1C(=O)/C(=C/c2ccc(OCc3ccc4ccccc4c3)c(OC)c2)SC1=Nc1ccc(C(=O)O)cc1. The smallest absolute Gasteiger partial charge is 0.335 e. The molecule has 0 bridgehead atoms. The number of likely N-dealkylation sites (N-methyl/N-ethyl adjacent to an activating group) is 1. The number of benzene rings is 4. The molecule has 0 saturated carbocycles. The lowest BCUT2D eigenvalue weighted by molar-refractivity contribution is -0.122. The molecule has 0 spiro atoms. The molecule has 8 heteroatoms. The summed E-state index contributed by atoms with van der Waals surface area (Å²) >= 11 is 1.28. The van der Waals surface area contributed by atoms with Crippen molar-refractivity contribution in [3.05, 3.63) is 107 Å². The maximum absolute atomic E-state index is 13.1. The van der Waals surface area contributed by atoms with Gasteiger partial charge in [0, 0.05) is 6.54 Å². The quantitative estimate of drug-likeness (QED) is 0.250. The minimum Gasteiger partial charge on any atom is -0.493 e. The number of rotatable bonds is 8. The van der Waals surface area contributed by atoms with Gasteiger partial charge in [0.05, 0.1) is 23.3 Å². The lowest BCUT2D eigenvalue weighted by Gasteiger charge is -2.12. The molecule has 4 aromatic rings. The van der Waals surface area contributed by atoms with Crippen LogP contribution in [-0.4, -0.2) is 40.7 Å². The molecule has 39 heavy (non-hydrogen) atoms. The van der Waals surface area contributed by atoms with E-state index in [9.17, 15) is 9.59 Å². The number of amidine groups is 1. The molecule has 1 aliphatic rings. The number of hydrogen-bond acceptors (Lipinski definition) is 6. The number of carboxylic acids is 1. The molecule has 1 fully saturated rings. The molecule has 1 saturated heterocycles. The van der Waals surface area contributed by atoms with Crippen LogP contribution in [0.4, 0.5) is 5.69 Å². The van der Waals surface area contributed by atoms with E-state index in [2.05, 4.69) is 35.3 Å². The predicted octanol–water partition coefficient (Wildman–Crippen LogP) is 6.75. The summed E-state index contributed by atoms with van der Waals surface area (Å²) in [7, 11) is 1.59. The summed E-state index contributed by atoms with van der Waals surface area (Å²) in [5.74, 6) is 0.0420. The average Bonchev–Trinajstić information content (AvgIpc) is 3.25. The number of thioether (sulfide) groups is 1. The van der Waals surface area contributed by atoms with Crippen molar-refractivity contribution in [3.63, 3.8) is 0 Å². The minimum atomic E-state index is -0.999. The number of carboxylic acid groups (broad SMARTS) is 1. The van der Waals surface area contributed by atoms with Crippen molar-refractivity contribution in [1.29, 1.82) is 0 Å². The Morgan fingerprint density at radius 3 is 2.46 bits per heavy atom. The Balaban J connectivity index is 1.33. The van der Waals surface area contributed by atoms with Crippen molar-refractivity contribution in [2.75, 3.05) is 13.7 Å². The fraction of sp³-hybridized carbons (Fsp3) is 0.129. The van der Waals surface area contributed by atoms with Gasteiger partial charge >= 0.3 is 5.97 Å². The van der Waals surface area contributed by atoms with Gasteiger partial charge < -0.3 is 14.6 Å². The maximum atomic E-state index is 13.1. The molecule has 196 valence electrons. The molecule has 1 N–H and O–H groups in total. The van der Waals surface area contributed by atoms with Gasteiger partial charge in [0.15, 0.2) is 16.7 Å². The van der Waals surface area contributed by atoms with Crippen molar-refractivity contribution in [2.24, 2.45) is 4.99 Å². The number of aromatic carboxylic acids is 1. The van der Waals surface area contributed by atoms with Gasteiger partial charge in [0.2, 0.25) is 0 Å². The van der Waals surface area contributed by atoms with Gasteiger partial charge in [0.25, 0.3) is 5.91 Å². The number of aliphatic imine (C=N–C) groups is 1. The summed E-state index contributed by atoms with van der Waals surface area (Å²) in [6, 6.07) is 26.2. The molecule has 0 atom stereocenters. The van der Waals surface area contributed by atoms with Gasteiger partial charge in [-0.3, -0.25) is 9.69 Å². The Bertz CT molecular complexity index is 1610. The van der Waals surface area contributed by atoms with Crippen LogP contribution in [0.5, 0.6) is 11.5 Å². The molecule has 5 rings (SSSR count). The lowest BCUT2D eigenvalue weighted by atomic mass is 10.1. The standard InChI is InChI=1S/C31H26N2O5S/c1-3-33-29(34)28(39-31(33)32-25-13-11-23(12-14-25)30(35)36)18-20-9-15-26(27(17-20)37-2)38-19-21-8-10-22-6-4-5-7-24(22)16-21/h4-18H,3,19H2,1-2H3,(H,35,36)/b28-18-,32-31?. The van der Waals surface area contributed by atoms with E-state index in [0.29, 0.717) is 40.4 Å². The van der Waals surface area contributed by atoms with Crippen LogP contribution in [0.25, 0.3) is 16.8 Å². The zero-order chi connectivity index (χ0) is 27.4. The van der Waals surface area contributed by atoms with E-state index < -0.39 is 5.97 Å². The monoisotopic (exact) mass is 538 g/mol. The van der Waals surface area contributed by atoms with Crippen LogP contribution in [0.2, 0.25) is 0 Å². The molecule has 1 heterocycles. The van der Waals surface area contributed by atoms with Crippen molar-refractivity contribution < 1.29 is 24.2 Å². The van der Waals surface area contributed by atoms with Crippen LogP contribution in [0.15, 0.2) is 94.8 Å². The summed E-state index contributed by atoms with van der Waals surface area (Å²) in [6.45, 7) is 2.74. The van der Waals surface area contributed by atoms with Crippen LogP contribution in [0.3, 0.4) is 0 Å². The molecule has 0 aliphatic carbocycles. The Kier molecular flexibility index (Phi) is 7.65. The highest BCUT2D eigenvalue weighted by Gasteiger charge is 2.32. The highest BCUT2D eigenvalue weighted by atomic mass is 32.2. The molecular weight excluding hydrogens is 512 g/mol. The van der Waals surface area contributed by atoms with E-state index in [4.69, 9.17) is 14.6 Å². The van der Waals surface area contributed by atoms with Crippen molar-refractivity contribution in [1.82, 2.24) is 4.90 Å². The van der Waals surface area contributed by atoms with Crippen LogP contribution in [0, 0.1) is 0 Å². The van der Waals surface area contributed by atoms with E-state index >= 15 is 0 Å². The van der Waals surface area contributed by atoms with Gasteiger partial charge in [-0.05, 0) is 89.1 Å². The number of ether oxygens (including phenoxy) is 2. The molecule has 0 unspecified atom stereocenters. The number of hydrogen-bond donors (Lipinski definition) is 1. The summed E-state index contributed by atoms with van der Waals surface area (Å²) in [5.41, 5.74) is 2.60. The maximum Gasteiger partial charge on any atom is 0.335 e. The summed E-state index contributed by atoms with van der Waals surface area (Å²) in [5, 5.41) is 12.0. The summed E-state index contributed by atoms with van der Waals surface area (Å²) in [6.07, 6.45) is 1.81. The van der Waals surface area contributed by atoms with Crippen LogP contribution < -0.4 is 9.47 Å². The van der Waals surface area contributed by atoms with Crippen LogP contribution in [0.1, 0.15) is 28.4 Å². The highest BCUT2D eigenvalue weighted by Crippen LogP contribution is 2.36. The molecule has 7 nitrogen and oxygen atoms in total. The van der Waals surface area contributed by atoms with Gasteiger partial charge in [-0.25, -0.2) is 9.79 Å². The number of fused-ring (bicyclic) bond motifs is 1. The third-order valence-electron chi connectivity index (χ3n) is 6.24. The van der Waals surface area contributed by atoms with Gasteiger partial charge in [0.1, 0.15) is 6.61 Å². The van der Waals surface area contributed by atoms with Gasteiger partial charge in [-0.1, -0.05) is 42.5 Å². The van der Waals surface area contributed by atoms with E-state index in [0.717, 1.165) is 16.5 Å². The fourth-order valence-electron chi connectivity index (χ4n) is 4.19. The largest absolute Gasteiger partial charge is 0.493 e. The van der Waals surface area contributed by atoms with E-state index in [-0.39, 0.29) is 11.5 Å². The van der Waals surface area contributed by atoms with Crippen molar-refractivity contribution >= 4 is 51.3 Å². The van der Waals surface area contributed by atoms with Crippen molar-refractivity contribution in [3.8, 4) is 11.5 Å². The van der Waals surface area contributed by atoms with E-state index in [1.54, 1.807) is 30.2 Å². The zero-order valence-electron chi connectivity index (χ0n) is 21.5. The Hall–Kier alpha value is -4.56. The Labute approximate surface area is 230 Å². The number of methoxy groups -OCH3 is 1. The van der Waals surface area contributed by atoms with E-state index in [1.807, 2.05) is 37.3 Å². The first-order chi connectivity index (χ1) is 18.9. The second kappa shape index (κ2) is 11.4. The lowest BCUT2D eigenvalue weighted by Crippen LogP contribution is -2.28. The van der Waals surface area contributed by atoms with Crippen molar-refractivity contribution in [2.45, 2.75) is 13.5 Å². The minimum absolute atomic E-state index is 0.140. The summed E-state index contributed by atoms with van der Waals surface area (Å²) < 4.78 is 11.7. The van der Waals surface area contributed by atoms with Crippen LogP contribution >= 0.6 is 11.8 Å². The normalized spacial score (nSPS) is 15.3. The Morgan fingerprint density at radius 1 is 0.974 bits per heavy atom. The second-order valence-electron chi connectivity index (χ2n) is 8.79. The molecular formula is C31H26N2O5S. The first-order valence-corrected chi connectivity index (χ1v) is 13.2.